The summed E-state index contributed by atoms with van der Waals surface area (Å²) in [6.07, 6.45) is 1.18. The van der Waals surface area contributed by atoms with E-state index in [4.69, 9.17) is 4.74 Å². The summed E-state index contributed by atoms with van der Waals surface area (Å²) < 4.78 is 18.6. The lowest BCUT2D eigenvalue weighted by Crippen LogP contribution is -2.49. The van der Waals surface area contributed by atoms with Crippen LogP contribution in [0.3, 0.4) is 0 Å². The van der Waals surface area contributed by atoms with E-state index in [0.717, 1.165) is 0 Å². The number of ether oxygens (including phenoxy) is 1. The summed E-state index contributed by atoms with van der Waals surface area (Å²) in [7, 11) is 0. The first kappa shape index (κ1) is 15.3. The SMILES string of the molecule is CC1(C(=O)O)CCCN(C(=O)COc2ccccc2F)C1. The average Bonchev–Trinajstić information content (AvgIpc) is 2.46. The van der Waals surface area contributed by atoms with Gasteiger partial charge in [-0.2, -0.15) is 0 Å². The summed E-state index contributed by atoms with van der Waals surface area (Å²) in [4.78, 5) is 24.8. The van der Waals surface area contributed by atoms with Gasteiger partial charge in [0.25, 0.3) is 5.91 Å². The van der Waals surface area contributed by atoms with Gasteiger partial charge in [0.1, 0.15) is 0 Å². The first-order valence-electron chi connectivity index (χ1n) is 6.81. The highest BCUT2D eigenvalue weighted by Crippen LogP contribution is 2.29. The van der Waals surface area contributed by atoms with Crippen molar-refractivity contribution in [1.29, 1.82) is 0 Å². The Kier molecular flexibility index (Phi) is 4.45. The van der Waals surface area contributed by atoms with Gasteiger partial charge in [-0.25, -0.2) is 4.39 Å². The zero-order chi connectivity index (χ0) is 15.5. The second-order valence-corrected chi connectivity index (χ2v) is 5.50. The molecule has 1 aromatic carbocycles. The number of para-hydroxylation sites is 1. The lowest BCUT2D eigenvalue weighted by Gasteiger charge is -2.37. The van der Waals surface area contributed by atoms with E-state index in [2.05, 4.69) is 0 Å². The monoisotopic (exact) mass is 295 g/mol. The van der Waals surface area contributed by atoms with Crippen molar-refractivity contribution in [1.82, 2.24) is 4.90 Å². The van der Waals surface area contributed by atoms with Crippen LogP contribution in [0.25, 0.3) is 0 Å². The molecule has 0 aromatic heterocycles. The predicted molar refractivity (Wildman–Crippen MR) is 73.5 cm³/mol. The Morgan fingerprint density at radius 2 is 2.14 bits per heavy atom. The van der Waals surface area contributed by atoms with Crippen molar-refractivity contribution in [2.45, 2.75) is 19.8 Å². The number of carbonyl (C=O) groups is 2. The molecule has 114 valence electrons. The van der Waals surface area contributed by atoms with Gasteiger partial charge < -0.3 is 14.7 Å². The average molecular weight is 295 g/mol. The molecule has 1 aliphatic heterocycles. The number of halogens is 1. The van der Waals surface area contributed by atoms with Gasteiger partial charge in [0.05, 0.1) is 5.41 Å². The number of likely N-dealkylation sites (tertiary alicyclic amines) is 1. The van der Waals surface area contributed by atoms with Crippen molar-refractivity contribution in [2.75, 3.05) is 19.7 Å². The number of benzene rings is 1. The fourth-order valence-corrected chi connectivity index (χ4v) is 2.42. The second-order valence-electron chi connectivity index (χ2n) is 5.50. The molecule has 0 saturated carbocycles. The van der Waals surface area contributed by atoms with Crippen LogP contribution in [0.5, 0.6) is 5.75 Å². The van der Waals surface area contributed by atoms with Crippen molar-refractivity contribution < 1.29 is 23.8 Å². The minimum absolute atomic E-state index is 0.0175. The summed E-state index contributed by atoms with van der Waals surface area (Å²) in [5, 5.41) is 9.22. The summed E-state index contributed by atoms with van der Waals surface area (Å²) in [5.41, 5.74) is -0.925. The molecule has 1 unspecified atom stereocenters. The topological polar surface area (TPSA) is 66.8 Å². The Hall–Kier alpha value is -2.11. The van der Waals surface area contributed by atoms with Crippen LogP contribution in [-0.4, -0.2) is 41.6 Å². The number of amides is 1. The van der Waals surface area contributed by atoms with Crippen molar-refractivity contribution in [2.24, 2.45) is 5.41 Å². The molecule has 1 N–H and O–H groups in total. The number of carbonyl (C=O) groups excluding carboxylic acids is 1. The largest absolute Gasteiger partial charge is 0.481 e. The number of nitrogens with zero attached hydrogens (tertiary/aromatic N) is 1. The maximum absolute atomic E-state index is 13.4. The molecule has 1 atom stereocenters. The fraction of sp³-hybridized carbons (Fsp3) is 0.467. The van der Waals surface area contributed by atoms with E-state index < -0.39 is 17.2 Å². The van der Waals surface area contributed by atoms with Crippen LogP contribution in [0.4, 0.5) is 4.39 Å². The molecule has 21 heavy (non-hydrogen) atoms. The van der Waals surface area contributed by atoms with Gasteiger partial charge in [-0.15, -0.1) is 0 Å². The third kappa shape index (κ3) is 3.51. The maximum Gasteiger partial charge on any atom is 0.311 e. The molecule has 0 bridgehead atoms. The predicted octanol–water partition coefficient (Wildman–Crippen LogP) is 1.92. The van der Waals surface area contributed by atoms with Crippen LogP contribution >= 0.6 is 0 Å². The van der Waals surface area contributed by atoms with Crippen molar-refractivity contribution in [3.8, 4) is 5.75 Å². The summed E-state index contributed by atoms with van der Waals surface area (Å²) in [5.74, 6) is -1.75. The highest BCUT2D eigenvalue weighted by molar-refractivity contribution is 5.80. The Morgan fingerprint density at radius 3 is 2.81 bits per heavy atom. The number of hydrogen-bond acceptors (Lipinski definition) is 3. The van der Waals surface area contributed by atoms with E-state index in [-0.39, 0.29) is 24.8 Å². The Labute approximate surface area is 122 Å². The molecular formula is C15H18FNO4. The summed E-state index contributed by atoms with van der Waals surface area (Å²) >= 11 is 0. The molecule has 1 heterocycles. The number of aliphatic carboxylic acids is 1. The van der Waals surface area contributed by atoms with Gasteiger partial charge in [0.2, 0.25) is 0 Å². The normalized spacial score (nSPS) is 21.9. The minimum Gasteiger partial charge on any atom is -0.481 e. The third-order valence-corrected chi connectivity index (χ3v) is 3.75. The molecule has 6 heteroatoms. The van der Waals surface area contributed by atoms with Crippen LogP contribution in [0.15, 0.2) is 24.3 Å². The first-order chi connectivity index (χ1) is 9.92. The smallest absolute Gasteiger partial charge is 0.311 e. The van der Waals surface area contributed by atoms with Gasteiger partial charge in [-0.05, 0) is 31.9 Å². The highest BCUT2D eigenvalue weighted by Gasteiger charge is 2.39. The molecular weight excluding hydrogens is 277 g/mol. The first-order valence-corrected chi connectivity index (χ1v) is 6.81. The fourth-order valence-electron chi connectivity index (χ4n) is 2.42. The van der Waals surface area contributed by atoms with Gasteiger partial charge >= 0.3 is 5.97 Å². The van der Waals surface area contributed by atoms with E-state index in [1.54, 1.807) is 13.0 Å². The van der Waals surface area contributed by atoms with E-state index in [1.165, 1.54) is 23.1 Å². The second kappa shape index (κ2) is 6.11. The summed E-state index contributed by atoms with van der Waals surface area (Å²) in [6.45, 7) is 1.99. The molecule has 1 fully saturated rings. The zero-order valence-electron chi connectivity index (χ0n) is 11.8. The van der Waals surface area contributed by atoms with Crippen molar-refractivity contribution in [3.05, 3.63) is 30.1 Å². The van der Waals surface area contributed by atoms with Gasteiger partial charge in [-0.1, -0.05) is 12.1 Å². The molecule has 1 saturated heterocycles. The Bertz CT molecular complexity index is 548. The molecule has 1 aliphatic rings. The number of carboxylic acid groups (broad SMARTS) is 1. The van der Waals surface area contributed by atoms with Crippen LogP contribution < -0.4 is 4.74 Å². The van der Waals surface area contributed by atoms with Crippen LogP contribution in [0.2, 0.25) is 0 Å². The van der Waals surface area contributed by atoms with Crippen molar-refractivity contribution >= 4 is 11.9 Å². The maximum atomic E-state index is 13.4. The van der Waals surface area contributed by atoms with Crippen LogP contribution in [0, 0.1) is 11.2 Å². The molecule has 5 nitrogen and oxygen atoms in total. The van der Waals surface area contributed by atoms with E-state index >= 15 is 0 Å². The van der Waals surface area contributed by atoms with Crippen molar-refractivity contribution in [3.63, 3.8) is 0 Å². The lowest BCUT2D eigenvalue weighted by atomic mass is 9.82. The molecule has 0 radical (unpaired) electrons. The van der Waals surface area contributed by atoms with E-state index in [9.17, 15) is 19.1 Å². The number of piperidine rings is 1. The Morgan fingerprint density at radius 1 is 1.43 bits per heavy atom. The quantitative estimate of drug-likeness (QED) is 0.921. The molecule has 1 aromatic rings. The molecule has 1 amide bonds. The minimum atomic E-state index is -0.925. The summed E-state index contributed by atoms with van der Waals surface area (Å²) in [6, 6.07) is 5.85. The third-order valence-electron chi connectivity index (χ3n) is 3.75. The zero-order valence-corrected chi connectivity index (χ0v) is 11.8. The van der Waals surface area contributed by atoms with Crippen LogP contribution in [0.1, 0.15) is 19.8 Å². The molecule has 0 aliphatic carbocycles. The van der Waals surface area contributed by atoms with E-state index in [0.29, 0.717) is 19.4 Å². The number of hydrogen-bond donors (Lipinski definition) is 1. The van der Waals surface area contributed by atoms with E-state index in [1.807, 2.05) is 0 Å². The van der Waals surface area contributed by atoms with Crippen LogP contribution in [-0.2, 0) is 9.59 Å². The number of carboxylic acids is 1. The lowest BCUT2D eigenvalue weighted by molar-refractivity contribution is -0.153. The molecule has 2 rings (SSSR count). The van der Waals surface area contributed by atoms with Gasteiger partial charge in [-0.3, -0.25) is 9.59 Å². The van der Waals surface area contributed by atoms with Gasteiger partial charge in [0, 0.05) is 13.1 Å². The highest BCUT2D eigenvalue weighted by atomic mass is 19.1. The van der Waals surface area contributed by atoms with Gasteiger partial charge in [0.15, 0.2) is 18.2 Å². The standard InChI is InChI=1S/C15H18FNO4/c1-15(14(19)20)7-4-8-17(10-15)13(18)9-21-12-6-3-2-5-11(12)16/h2-3,5-6H,4,7-10H2,1H3,(H,19,20). The Balaban J connectivity index is 1.94. The number of rotatable bonds is 4. The molecule has 0 spiro atoms.